The number of aliphatic hydroxyl groups excluding tert-OH is 1. The minimum absolute atomic E-state index is 0.105. The normalized spacial score (nSPS) is 23.4. The highest BCUT2D eigenvalue weighted by Gasteiger charge is 2.34. The van der Waals surface area contributed by atoms with Crippen molar-refractivity contribution in [3.63, 3.8) is 0 Å². The van der Waals surface area contributed by atoms with Crippen LogP contribution in [0.4, 0.5) is 18.9 Å². The lowest BCUT2D eigenvalue weighted by Gasteiger charge is -2.27. The molecule has 112 valence electrons. The summed E-state index contributed by atoms with van der Waals surface area (Å²) in [6.07, 6.45) is -1.84. The number of ether oxygens (including phenoxy) is 1. The first-order valence-electron chi connectivity index (χ1n) is 6.60. The van der Waals surface area contributed by atoms with Crippen molar-refractivity contribution in [1.82, 2.24) is 0 Å². The van der Waals surface area contributed by atoms with Gasteiger partial charge in [0.2, 0.25) is 0 Å². The Morgan fingerprint density at radius 2 is 1.85 bits per heavy atom. The smallest absolute Gasteiger partial charge is 0.420 e. The third kappa shape index (κ3) is 3.56. The Labute approximate surface area is 115 Å². The largest absolute Gasteiger partial charge is 0.496 e. The number of nitrogens with one attached hydrogen (secondary N) is 1. The van der Waals surface area contributed by atoms with Gasteiger partial charge < -0.3 is 15.2 Å². The van der Waals surface area contributed by atoms with Crippen LogP contribution in [0.15, 0.2) is 18.2 Å². The van der Waals surface area contributed by atoms with Gasteiger partial charge in [0.25, 0.3) is 0 Å². The Kier molecular flexibility index (Phi) is 4.42. The van der Waals surface area contributed by atoms with Crippen LogP contribution in [0.1, 0.15) is 31.2 Å². The van der Waals surface area contributed by atoms with E-state index in [2.05, 4.69) is 5.32 Å². The van der Waals surface area contributed by atoms with Gasteiger partial charge in [-0.15, -0.1) is 0 Å². The molecule has 3 nitrogen and oxygen atoms in total. The Balaban J connectivity index is 2.13. The van der Waals surface area contributed by atoms with E-state index in [1.54, 1.807) is 6.07 Å². The summed E-state index contributed by atoms with van der Waals surface area (Å²) in [4.78, 5) is 0. The van der Waals surface area contributed by atoms with Gasteiger partial charge in [-0.1, -0.05) is 0 Å². The maximum atomic E-state index is 12.9. The number of hydrogen-bond acceptors (Lipinski definition) is 3. The van der Waals surface area contributed by atoms with Crippen LogP contribution in [0.3, 0.4) is 0 Å². The fourth-order valence-electron chi connectivity index (χ4n) is 2.48. The van der Waals surface area contributed by atoms with Crippen molar-refractivity contribution in [1.29, 1.82) is 0 Å². The van der Waals surface area contributed by atoms with E-state index in [-0.39, 0.29) is 17.9 Å². The maximum absolute atomic E-state index is 12.9. The van der Waals surface area contributed by atoms with Gasteiger partial charge >= 0.3 is 6.18 Å². The number of benzene rings is 1. The molecule has 0 amide bonds. The topological polar surface area (TPSA) is 41.5 Å². The van der Waals surface area contributed by atoms with Crippen LogP contribution in [-0.4, -0.2) is 24.4 Å². The Morgan fingerprint density at radius 3 is 2.40 bits per heavy atom. The summed E-state index contributed by atoms with van der Waals surface area (Å²) in [5.74, 6) is -0.179. The summed E-state index contributed by atoms with van der Waals surface area (Å²) in [7, 11) is 1.22. The van der Waals surface area contributed by atoms with Crippen molar-refractivity contribution < 1.29 is 23.0 Å². The second-order valence-corrected chi connectivity index (χ2v) is 5.06. The molecule has 20 heavy (non-hydrogen) atoms. The molecular weight excluding hydrogens is 271 g/mol. The number of hydrogen-bond donors (Lipinski definition) is 2. The molecule has 0 aliphatic heterocycles. The summed E-state index contributed by atoms with van der Waals surface area (Å²) < 4.78 is 43.5. The van der Waals surface area contributed by atoms with E-state index in [9.17, 15) is 18.3 Å². The summed E-state index contributed by atoms with van der Waals surface area (Å²) in [6.45, 7) is 0. The molecule has 1 fully saturated rings. The number of halogens is 3. The van der Waals surface area contributed by atoms with Gasteiger partial charge in [0.15, 0.2) is 0 Å². The first-order chi connectivity index (χ1) is 9.40. The van der Waals surface area contributed by atoms with Crippen molar-refractivity contribution >= 4 is 5.69 Å². The summed E-state index contributed by atoms with van der Waals surface area (Å²) in [5.41, 5.74) is -0.347. The van der Waals surface area contributed by atoms with Crippen LogP contribution >= 0.6 is 0 Å². The Morgan fingerprint density at radius 1 is 1.20 bits per heavy atom. The van der Waals surface area contributed by atoms with Gasteiger partial charge in [0, 0.05) is 11.7 Å². The van der Waals surface area contributed by atoms with Crippen LogP contribution < -0.4 is 10.1 Å². The lowest BCUT2D eigenvalue weighted by molar-refractivity contribution is -0.138. The predicted octanol–water partition coefficient (Wildman–Crippen LogP) is 3.43. The van der Waals surface area contributed by atoms with Crippen LogP contribution in [-0.2, 0) is 6.18 Å². The zero-order chi connectivity index (χ0) is 14.8. The molecule has 2 rings (SSSR count). The highest BCUT2D eigenvalue weighted by molar-refractivity contribution is 5.52. The van der Waals surface area contributed by atoms with E-state index in [0.29, 0.717) is 18.5 Å². The second kappa shape index (κ2) is 5.91. The van der Waals surface area contributed by atoms with Crippen molar-refractivity contribution in [3.8, 4) is 5.75 Å². The van der Waals surface area contributed by atoms with Crippen molar-refractivity contribution in [2.75, 3.05) is 12.4 Å². The molecule has 0 saturated heterocycles. The van der Waals surface area contributed by atoms with E-state index in [0.717, 1.165) is 18.9 Å². The summed E-state index contributed by atoms with van der Waals surface area (Å²) in [5, 5.41) is 12.5. The van der Waals surface area contributed by atoms with Gasteiger partial charge in [-0.05, 0) is 43.9 Å². The summed E-state index contributed by atoms with van der Waals surface area (Å²) >= 11 is 0. The summed E-state index contributed by atoms with van der Waals surface area (Å²) in [6, 6.07) is 4.08. The number of rotatable bonds is 3. The average Bonchev–Trinajstić information content (AvgIpc) is 2.40. The third-order valence-electron chi connectivity index (χ3n) is 3.57. The molecule has 6 heteroatoms. The van der Waals surface area contributed by atoms with Crippen LogP contribution in [0.25, 0.3) is 0 Å². The van der Waals surface area contributed by atoms with Crippen molar-refractivity contribution in [2.45, 2.75) is 44.0 Å². The van der Waals surface area contributed by atoms with Crippen LogP contribution in [0.2, 0.25) is 0 Å². The van der Waals surface area contributed by atoms with Gasteiger partial charge in [-0.25, -0.2) is 0 Å². The van der Waals surface area contributed by atoms with E-state index in [1.807, 2.05) is 0 Å². The minimum Gasteiger partial charge on any atom is -0.496 e. The lowest BCUT2D eigenvalue weighted by Crippen LogP contribution is -2.28. The van der Waals surface area contributed by atoms with Crippen molar-refractivity contribution in [3.05, 3.63) is 23.8 Å². The first kappa shape index (κ1) is 15.0. The molecule has 0 aromatic heterocycles. The molecule has 0 spiro atoms. The maximum Gasteiger partial charge on any atom is 0.420 e. The fraction of sp³-hybridized carbons (Fsp3) is 0.571. The molecule has 1 aliphatic carbocycles. The Hall–Kier alpha value is -1.43. The van der Waals surface area contributed by atoms with E-state index in [4.69, 9.17) is 4.74 Å². The zero-order valence-electron chi connectivity index (χ0n) is 11.2. The third-order valence-corrected chi connectivity index (χ3v) is 3.57. The number of alkyl halides is 3. The first-order valence-corrected chi connectivity index (χ1v) is 6.60. The molecular formula is C14H18F3NO2. The molecule has 2 N–H and O–H groups in total. The SMILES string of the molecule is COc1ccc(NC2CCC(O)CC2)cc1C(F)(F)F. The van der Waals surface area contributed by atoms with Crippen LogP contribution in [0, 0.1) is 0 Å². The van der Waals surface area contributed by atoms with Gasteiger partial charge in [0.05, 0.1) is 18.8 Å². The monoisotopic (exact) mass is 289 g/mol. The predicted molar refractivity (Wildman–Crippen MR) is 69.9 cm³/mol. The van der Waals surface area contributed by atoms with E-state index >= 15 is 0 Å². The minimum atomic E-state index is -4.44. The molecule has 0 atom stereocenters. The van der Waals surface area contributed by atoms with Gasteiger partial charge in [-0.3, -0.25) is 0 Å². The number of aliphatic hydroxyl groups is 1. The quantitative estimate of drug-likeness (QED) is 0.895. The zero-order valence-corrected chi connectivity index (χ0v) is 11.2. The standard InChI is InChI=1S/C14H18F3NO2/c1-20-13-7-4-10(8-12(13)14(15,16)17)18-9-2-5-11(19)6-3-9/h4,7-9,11,18-19H,2-3,5-6H2,1H3. The van der Waals surface area contributed by atoms with E-state index < -0.39 is 11.7 Å². The second-order valence-electron chi connectivity index (χ2n) is 5.06. The number of methoxy groups -OCH3 is 1. The number of anilines is 1. The Bertz CT molecular complexity index is 454. The van der Waals surface area contributed by atoms with Crippen molar-refractivity contribution in [2.24, 2.45) is 0 Å². The molecule has 1 aliphatic rings. The lowest BCUT2D eigenvalue weighted by atomic mass is 9.93. The van der Waals surface area contributed by atoms with E-state index in [1.165, 1.54) is 13.2 Å². The molecule has 0 unspecified atom stereocenters. The van der Waals surface area contributed by atoms with Gasteiger partial charge in [-0.2, -0.15) is 13.2 Å². The highest BCUT2D eigenvalue weighted by atomic mass is 19.4. The molecule has 1 aromatic carbocycles. The average molecular weight is 289 g/mol. The molecule has 0 radical (unpaired) electrons. The van der Waals surface area contributed by atoms with Crippen LogP contribution in [0.5, 0.6) is 5.75 Å². The fourth-order valence-corrected chi connectivity index (χ4v) is 2.48. The molecule has 0 bridgehead atoms. The van der Waals surface area contributed by atoms with Gasteiger partial charge in [0.1, 0.15) is 5.75 Å². The molecule has 0 heterocycles. The molecule has 1 aromatic rings. The molecule has 1 saturated carbocycles. The highest BCUT2D eigenvalue weighted by Crippen LogP contribution is 2.38.